The van der Waals surface area contributed by atoms with Crippen LogP contribution in [-0.2, 0) is 0 Å². The van der Waals surface area contributed by atoms with Crippen molar-refractivity contribution >= 4 is 25.9 Å². The van der Waals surface area contributed by atoms with Crippen molar-refractivity contribution in [1.29, 1.82) is 0 Å². The van der Waals surface area contributed by atoms with Gasteiger partial charge in [0.2, 0.25) is 0 Å². The minimum absolute atomic E-state index is 0.582. The first kappa shape index (κ1) is 20.2. The summed E-state index contributed by atoms with van der Waals surface area (Å²) in [6.07, 6.45) is 8.00. The van der Waals surface area contributed by atoms with Crippen molar-refractivity contribution in [2.45, 2.75) is 89.2 Å². The zero-order chi connectivity index (χ0) is 15.6. The van der Waals surface area contributed by atoms with Crippen molar-refractivity contribution < 1.29 is 0 Å². The summed E-state index contributed by atoms with van der Waals surface area (Å²) in [5, 5.41) is 0. The molecule has 114 valence electrons. The summed E-state index contributed by atoms with van der Waals surface area (Å²) in [6, 6.07) is 0. The van der Waals surface area contributed by atoms with Crippen LogP contribution in [0.15, 0.2) is 9.06 Å². The van der Waals surface area contributed by atoms with Crippen LogP contribution in [0.4, 0.5) is 0 Å². The molecule has 0 fully saturated rings. The summed E-state index contributed by atoms with van der Waals surface area (Å²) in [7, 11) is 0. The predicted molar refractivity (Wildman–Crippen MR) is 99.1 cm³/mol. The molecular weight excluding hydrogens is 346 g/mol. The van der Waals surface area contributed by atoms with E-state index in [2.05, 4.69) is 56.2 Å². The Morgan fingerprint density at radius 1 is 0.950 bits per heavy atom. The number of allylic oxidation sites excluding steroid dienone is 2. The Balaban J connectivity index is 5.82. The molecule has 2 heteroatoms. The monoisotopic (exact) mass is 382 g/mol. The maximum atomic E-state index is 3.76. The van der Waals surface area contributed by atoms with Crippen LogP contribution in [0.3, 0.4) is 0 Å². The average Bonchev–Trinajstić information content (AvgIpc) is 2.45. The molecule has 0 N–H and O–H groups in total. The van der Waals surface area contributed by atoms with Crippen molar-refractivity contribution in [3.05, 3.63) is 9.06 Å². The van der Waals surface area contributed by atoms with Crippen molar-refractivity contribution in [2.75, 3.05) is 0 Å². The molecule has 0 aliphatic heterocycles. The van der Waals surface area contributed by atoms with Crippen LogP contribution >= 0.6 is 0 Å². The average molecular weight is 381 g/mol. The van der Waals surface area contributed by atoms with Gasteiger partial charge in [0.15, 0.2) is 0 Å². The first-order valence-corrected chi connectivity index (χ1v) is 15.9. The van der Waals surface area contributed by atoms with Gasteiger partial charge in [0.05, 0.1) is 0 Å². The van der Waals surface area contributed by atoms with E-state index in [1.54, 1.807) is 5.47 Å². The summed E-state index contributed by atoms with van der Waals surface area (Å²) in [5.41, 5.74) is 1.79. The van der Waals surface area contributed by atoms with Crippen LogP contribution in [0.25, 0.3) is 0 Å². The fourth-order valence-corrected chi connectivity index (χ4v) is 8.65. The number of hydrogen-bond donors (Lipinski definition) is 0. The van der Waals surface area contributed by atoms with Gasteiger partial charge in [0.1, 0.15) is 0 Å². The van der Waals surface area contributed by atoms with E-state index in [0.29, 0.717) is 0 Å². The Hall–Kier alpha value is 0.164. The zero-order valence-corrected chi connectivity index (χ0v) is 17.9. The second-order valence-corrected chi connectivity index (χ2v) is 13.7. The summed E-state index contributed by atoms with van der Waals surface area (Å²) < 4.78 is 1.90. The Kier molecular flexibility index (Phi) is 10.9. The van der Waals surface area contributed by atoms with Gasteiger partial charge in [-0.25, -0.2) is 0 Å². The quantitative estimate of drug-likeness (QED) is 0.349. The minimum atomic E-state index is -1.30. The third kappa shape index (κ3) is 5.51. The summed E-state index contributed by atoms with van der Waals surface area (Å²) >= 11 is -1.30. The summed E-state index contributed by atoms with van der Waals surface area (Å²) in [4.78, 5) is 5.10. The molecule has 0 rings (SSSR count). The van der Waals surface area contributed by atoms with E-state index in [1.807, 2.05) is 3.59 Å². The van der Waals surface area contributed by atoms with Crippen molar-refractivity contribution in [3.8, 4) is 11.7 Å². The van der Waals surface area contributed by atoms with Crippen LogP contribution in [0, 0.1) is 11.7 Å². The van der Waals surface area contributed by atoms with Crippen LogP contribution in [-0.4, -0.2) is 25.9 Å². The third-order valence-corrected chi connectivity index (χ3v) is 9.76. The second kappa shape index (κ2) is 10.8. The van der Waals surface area contributed by atoms with Gasteiger partial charge >= 0.3 is 136 Å². The molecule has 0 saturated heterocycles. The fraction of sp³-hybridized carbons (Fsp3) is 0.778. The first-order valence-electron chi connectivity index (χ1n) is 8.74. The van der Waals surface area contributed by atoms with E-state index in [1.165, 1.54) is 38.3 Å². The van der Waals surface area contributed by atoms with E-state index in [4.69, 9.17) is 0 Å². The van der Waals surface area contributed by atoms with Crippen LogP contribution < -0.4 is 0 Å². The summed E-state index contributed by atoms with van der Waals surface area (Å²) in [6.45, 7) is 11.6. The predicted octanol–water partition coefficient (Wildman–Crippen LogP) is 6.16. The molecule has 0 heterocycles. The van der Waals surface area contributed by atoms with E-state index in [-0.39, 0.29) is 0 Å². The molecule has 0 spiro atoms. The second-order valence-electron chi connectivity index (χ2n) is 6.24. The fourth-order valence-electron chi connectivity index (χ4n) is 3.38. The molecular formula is C18H35BSn. The van der Waals surface area contributed by atoms with Crippen molar-refractivity contribution in [3.63, 3.8) is 0 Å². The van der Waals surface area contributed by atoms with Gasteiger partial charge in [-0.1, -0.05) is 0 Å². The molecule has 0 unspecified atom stereocenters. The topological polar surface area (TPSA) is 0 Å². The van der Waals surface area contributed by atoms with Gasteiger partial charge in [0.25, 0.3) is 0 Å². The normalized spacial score (nSPS) is 12.6. The number of hydrogen-bond acceptors (Lipinski definition) is 0. The van der Waals surface area contributed by atoms with Gasteiger partial charge in [0, 0.05) is 0 Å². The van der Waals surface area contributed by atoms with Gasteiger partial charge < -0.3 is 0 Å². The van der Waals surface area contributed by atoms with Crippen LogP contribution in [0.2, 0.25) is 22.5 Å². The van der Waals surface area contributed by atoms with Gasteiger partial charge in [-0.2, -0.15) is 0 Å². The molecule has 0 aliphatic rings. The van der Waals surface area contributed by atoms with E-state index in [9.17, 15) is 0 Å². The van der Waals surface area contributed by atoms with Crippen LogP contribution in [0.1, 0.15) is 66.7 Å². The van der Waals surface area contributed by atoms with E-state index in [0.717, 1.165) is 6.42 Å². The Labute approximate surface area is 135 Å². The number of rotatable bonds is 8. The maximum absolute atomic E-state index is 3.76. The van der Waals surface area contributed by atoms with Crippen molar-refractivity contribution in [2.24, 2.45) is 0 Å². The Morgan fingerprint density at radius 3 is 1.90 bits per heavy atom. The third-order valence-electron chi connectivity index (χ3n) is 4.69. The van der Waals surface area contributed by atoms with Crippen LogP contribution in [0.5, 0.6) is 0 Å². The first-order chi connectivity index (χ1) is 9.52. The zero-order valence-electron chi connectivity index (χ0n) is 15.0. The molecule has 0 aliphatic carbocycles. The molecule has 0 radical (unpaired) electrons. The SMILES string of the molecule is CCCC#C[B-](CC)(CC)/C(CC)=[C](/CCC)[Sn+]([CH3])[CH3]. The summed E-state index contributed by atoms with van der Waals surface area (Å²) in [5.74, 6) is 7.26. The number of unbranched alkanes of at least 4 members (excludes halogenated alkanes) is 1. The van der Waals surface area contributed by atoms with E-state index >= 15 is 0 Å². The molecule has 0 aromatic rings. The molecule has 0 aromatic carbocycles. The molecule has 0 amide bonds. The van der Waals surface area contributed by atoms with Gasteiger partial charge in [-0.3, -0.25) is 0 Å². The molecule has 0 nitrogen and oxygen atoms in total. The molecule has 0 saturated carbocycles. The molecule has 0 atom stereocenters. The van der Waals surface area contributed by atoms with Gasteiger partial charge in [-0.05, 0) is 0 Å². The van der Waals surface area contributed by atoms with Gasteiger partial charge in [-0.15, -0.1) is 0 Å². The van der Waals surface area contributed by atoms with Crippen molar-refractivity contribution in [1.82, 2.24) is 0 Å². The molecule has 0 bridgehead atoms. The molecule has 0 aromatic heterocycles. The molecule has 20 heavy (non-hydrogen) atoms. The Morgan fingerprint density at radius 2 is 1.55 bits per heavy atom. The standard InChI is InChI=1S/C16H29B.2CH3.Sn/c1-6-11-13-15-17(9-4,10-5)16(8-3)14-12-7-2;;;/h6-12H2,1-5H3;2*1H3;/q-1;;;+1. The van der Waals surface area contributed by atoms with E-state index < -0.39 is 25.9 Å². The Bertz CT molecular complexity index is 353.